The second-order valence-corrected chi connectivity index (χ2v) is 2.78. The highest BCUT2D eigenvalue weighted by atomic mass is 32.1. The zero-order chi connectivity index (χ0) is 8.27. The van der Waals surface area contributed by atoms with E-state index in [2.05, 4.69) is 23.1 Å². The third-order valence-corrected chi connectivity index (χ3v) is 1.60. The van der Waals surface area contributed by atoms with Gasteiger partial charge in [-0.25, -0.2) is 0 Å². The van der Waals surface area contributed by atoms with E-state index >= 15 is 0 Å². The molecule has 0 radical (unpaired) electrons. The minimum Gasteiger partial charge on any atom is -0.387 e. The lowest BCUT2D eigenvalue weighted by Gasteiger charge is -2.02. The molecular weight excluding hydrogens is 162 g/mol. The molecule has 1 aromatic rings. The number of aliphatic hydroxyl groups excluding tert-OH is 1. The van der Waals surface area contributed by atoms with Crippen LogP contribution in [0.2, 0.25) is 0 Å². The summed E-state index contributed by atoms with van der Waals surface area (Å²) in [5, 5.41) is 16.7. The first-order valence-electron chi connectivity index (χ1n) is 3.53. The molecular formula is C6H11N3OS. The minimum atomic E-state index is -0.499. The molecule has 0 amide bonds. The summed E-state index contributed by atoms with van der Waals surface area (Å²) >= 11 is 3.90. The highest BCUT2D eigenvalue weighted by Gasteiger charge is 2.09. The van der Waals surface area contributed by atoms with Crippen molar-refractivity contribution in [1.29, 1.82) is 0 Å². The van der Waals surface area contributed by atoms with Gasteiger partial charge in [0, 0.05) is 0 Å². The molecule has 1 aromatic heterocycles. The average molecular weight is 173 g/mol. The average Bonchev–Trinajstić information content (AvgIpc) is 2.36. The number of thiol groups is 1. The second-order valence-electron chi connectivity index (χ2n) is 2.37. The van der Waals surface area contributed by atoms with E-state index in [9.17, 15) is 5.11 Å². The maximum atomic E-state index is 9.38. The van der Waals surface area contributed by atoms with Crippen molar-refractivity contribution in [1.82, 2.24) is 14.4 Å². The van der Waals surface area contributed by atoms with E-state index < -0.39 is 6.10 Å². The zero-order valence-electron chi connectivity index (χ0n) is 6.30. The van der Waals surface area contributed by atoms with Gasteiger partial charge in [0.1, 0.15) is 5.69 Å². The Balaban J connectivity index is 2.60. The summed E-state index contributed by atoms with van der Waals surface area (Å²) in [5.41, 5.74) is 0.585. The predicted octanol–water partition coefficient (Wildman–Crippen LogP) is 0.804. The summed E-state index contributed by atoms with van der Waals surface area (Å²) in [4.78, 5) is 0. The Kier molecular flexibility index (Phi) is 2.90. The van der Waals surface area contributed by atoms with Crippen molar-refractivity contribution in [3.05, 3.63) is 11.9 Å². The fourth-order valence-corrected chi connectivity index (χ4v) is 1.000. The maximum absolute atomic E-state index is 9.38. The molecule has 1 unspecified atom stereocenters. The normalized spacial score (nSPS) is 13.4. The number of hydrogen-bond donors (Lipinski definition) is 2. The van der Waals surface area contributed by atoms with Crippen molar-refractivity contribution < 1.29 is 5.11 Å². The molecule has 0 bridgehead atoms. The highest BCUT2D eigenvalue weighted by Crippen LogP contribution is 2.14. The van der Waals surface area contributed by atoms with Crippen LogP contribution in [0.1, 0.15) is 31.6 Å². The molecule has 1 rings (SSSR count). The number of aliphatic hydroxyl groups is 1. The third kappa shape index (κ3) is 2.20. The lowest BCUT2D eigenvalue weighted by atomic mass is 10.2. The van der Waals surface area contributed by atoms with Gasteiger partial charge in [-0.15, -0.1) is 5.10 Å². The Morgan fingerprint density at radius 1 is 1.82 bits per heavy atom. The summed E-state index contributed by atoms with van der Waals surface area (Å²) in [7, 11) is 0. The Morgan fingerprint density at radius 3 is 3.00 bits per heavy atom. The zero-order valence-corrected chi connectivity index (χ0v) is 7.20. The SMILES string of the molecule is CCCC(O)c1cn(S)nn1. The summed E-state index contributed by atoms with van der Waals surface area (Å²) < 4.78 is 1.29. The summed E-state index contributed by atoms with van der Waals surface area (Å²) in [6.45, 7) is 2.01. The molecule has 0 saturated carbocycles. The van der Waals surface area contributed by atoms with Gasteiger partial charge in [-0.1, -0.05) is 18.6 Å². The summed E-state index contributed by atoms with van der Waals surface area (Å²) in [5.74, 6) is 0. The van der Waals surface area contributed by atoms with E-state index in [1.165, 1.54) is 4.09 Å². The van der Waals surface area contributed by atoms with Gasteiger partial charge in [0.15, 0.2) is 0 Å². The van der Waals surface area contributed by atoms with Crippen LogP contribution in [0, 0.1) is 0 Å². The van der Waals surface area contributed by atoms with Gasteiger partial charge >= 0.3 is 0 Å². The van der Waals surface area contributed by atoms with Gasteiger partial charge in [-0.3, -0.25) is 0 Å². The standard InChI is InChI=1S/C6H11N3OS/c1-2-3-6(10)5-4-9(11)8-7-5/h4,6,10-11H,2-3H2,1H3. The van der Waals surface area contributed by atoms with Gasteiger partial charge in [0.05, 0.1) is 12.3 Å². The van der Waals surface area contributed by atoms with Crippen molar-refractivity contribution in [2.24, 2.45) is 0 Å². The van der Waals surface area contributed by atoms with Gasteiger partial charge in [-0.2, -0.15) is 4.09 Å². The monoisotopic (exact) mass is 173 g/mol. The van der Waals surface area contributed by atoms with Crippen molar-refractivity contribution in [2.75, 3.05) is 0 Å². The second kappa shape index (κ2) is 3.73. The molecule has 62 valence electrons. The van der Waals surface area contributed by atoms with Gasteiger partial charge in [0.2, 0.25) is 0 Å². The molecule has 0 aliphatic carbocycles. The molecule has 1 heterocycles. The smallest absolute Gasteiger partial charge is 0.112 e. The van der Waals surface area contributed by atoms with Crippen LogP contribution in [0.25, 0.3) is 0 Å². The van der Waals surface area contributed by atoms with Crippen molar-refractivity contribution >= 4 is 12.8 Å². The quantitative estimate of drug-likeness (QED) is 0.665. The number of rotatable bonds is 3. The van der Waals surface area contributed by atoms with Crippen LogP contribution in [-0.4, -0.2) is 19.5 Å². The van der Waals surface area contributed by atoms with Crippen LogP contribution in [0.5, 0.6) is 0 Å². The maximum Gasteiger partial charge on any atom is 0.112 e. The molecule has 0 aromatic carbocycles. The molecule has 0 aliphatic heterocycles. The lowest BCUT2D eigenvalue weighted by Crippen LogP contribution is -1.96. The van der Waals surface area contributed by atoms with Crippen molar-refractivity contribution in [2.45, 2.75) is 25.9 Å². The lowest BCUT2D eigenvalue weighted by molar-refractivity contribution is 0.161. The molecule has 11 heavy (non-hydrogen) atoms. The number of nitrogens with zero attached hydrogens (tertiary/aromatic N) is 3. The van der Waals surface area contributed by atoms with E-state index in [1.807, 2.05) is 6.92 Å². The topological polar surface area (TPSA) is 50.9 Å². The van der Waals surface area contributed by atoms with E-state index in [-0.39, 0.29) is 0 Å². The third-order valence-electron chi connectivity index (χ3n) is 1.40. The van der Waals surface area contributed by atoms with E-state index in [1.54, 1.807) is 6.20 Å². The first-order valence-corrected chi connectivity index (χ1v) is 3.93. The van der Waals surface area contributed by atoms with Crippen molar-refractivity contribution in [3.63, 3.8) is 0 Å². The Labute approximate surface area is 70.8 Å². The van der Waals surface area contributed by atoms with Crippen molar-refractivity contribution in [3.8, 4) is 0 Å². The first kappa shape index (κ1) is 8.55. The summed E-state index contributed by atoms with van der Waals surface area (Å²) in [6.07, 6.45) is 2.75. The van der Waals surface area contributed by atoms with E-state index in [0.717, 1.165) is 6.42 Å². The molecule has 4 nitrogen and oxygen atoms in total. The predicted molar refractivity (Wildman–Crippen MR) is 44.3 cm³/mol. The Bertz CT molecular complexity index is 225. The summed E-state index contributed by atoms with van der Waals surface area (Å²) in [6, 6.07) is 0. The molecule has 0 fully saturated rings. The van der Waals surface area contributed by atoms with Crippen LogP contribution in [-0.2, 0) is 0 Å². The molecule has 0 spiro atoms. The van der Waals surface area contributed by atoms with Gasteiger partial charge < -0.3 is 5.11 Å². The first-order chi connectivity index (χ1) is 5.24. The number of hydrogen-bond acceptors (Lipinski definition) is 4. The highest BCUT2D eigenvalue weighted by molar-refractivity contribution is 7.78. The van der Waals surface area contributed by atoms with Crippen LogP contribution in [0.4, 0.5) is 0 Å². The Hall–Kier alpha value is -0.550. The van der Waals surface area contributed by atoms with Gasteiger partial charge in [-0.05, 0) is 19.2 Å². The van der Waals surface area contributed by atoms with Crippen LogP contribution >= 0.6 is 12.8 Å². The van der Waals surface area contributed by atoms with Gasteiger partial charge in [0.25, 0.3) is 0 Å². The largest absolute Gasteiger partial charge is 0.387 e. The molecule has 0 aliphatic rings. The van der Waals surface area contributed by atoms with E-state index in [4.69, 9.17) is 0 Å². The molecule has 1 atom stereocenters. The number of aromatic nitrogens is 3. The molecule has 0 saturated heterocycles. The van der Waals surface area contributed by atoms with Crippen LogP contribution in [0.3, 0.4) is 0 Å². The Morgan fingerprint density at radius 2 is 2.55 bits per heavy atom. The molecule has 5 heteroatoms. The van der Waals surface area contributed by atoms with Crippen LogP contribution in [0.15, 0.2) is 6.20 Å². The fraction of sp³-hybridized carbons (Fsp3) is 0.667. The molecule has 1 N–H and O–H groups in total. The minimum absolute atomic E-state index is 0.499. The van der Waals surface area contributed by atoms with Crippen LogP contribution < -0.4 is 0 Å². The van der Waals surface area contributed by atoms with E-state index in [0.29, 0.717) is 12.1 Å². The fourth-order valence-electron chi connectivity index (χ4n) is 0.841.